The molecule has 0 radical (unpaired) electrons. The van der Waals surface area contributed by atoms with Gasteiger partial charge in [0.15, 0.2) is 0 Å². The summed E-state index contributed by atoms with van der Waals surface area (Å²) in [7, 11) is 0. The highest BCUT2D eigenvalue weighted by atomic mass is 16.5. The van der Waals surface area contributed by atoms with E-state index in [2.05, 4.69) is 25.1 Å². The van der Waals surface area contributed by atoms with E-state index < -0.39 is 0 Å². The van der Waals surface area contributed by atoms with Crippen LogP contribution in [0.3, 0.4) is 0 Å². The summed E-state index contributed by atoms with van der Waals surface area (Å²) in [4.78, 5) is 11.4. The van der Waals surface area contributed by atoms with E-state index in [9.17, 15) is 4.79 Å². The SMILES string of the molecule is CC(=O)Oc1cc(-c2ccccc2)c(C)c2ccccc12. The number of esters is 1. The molecule has 0 N–H and O–H groups in total. The fourth-order valence-electron chi connectivity index (χ4n) is 2.64. The second-order valence-corrected chi connectivity index (χ2v) is 5.05. The minimum Gasteiger partial charge on any atom is -0.426 e. The Labute approximate surface area is 124 Å². The molecule has 0 atom stereocenters. The summed E-state index contributed by atoms with van der Waals surface area (Å²) in [6, 6.07) is 20.1. The lowest BCUT2D eigenvalue weighted by Gasteiger charge is -2.14. The Morgan fingerprint density at radius 2 is 1.52 bits per heavy atom. The van der Waals surface area contributed by atoms with Crippen molar-refractivity contribution in [2.24, 2.45) is 0 Å². The van der Waals surface area contributed by atoms with E-state index in [1.807, 2.05) is 42.5 Å². The van der Waals surface area contributed by atoms with Crippen LogP contribution in [0, 0.1) is 6.92 Å². The van der Waals surface area contributed by atoms with Gasteiger partial charge in [-0.15, -0.1) is 0 Å². The first-order chi connectivity index (χ1) is 10.2. The first-order valence-corrected chi connectivity index (χ1v) is 6.93. The largest absolute Gasteiger partial charge is 0.426 e. The van der Waals surface area contributed by atoms with Gasteiger partial charge in [-0.05, 0) is 35.1 Å². The summed E-state index contributed by atoms with van der Waals surface area (Å²) in [5, 5.41) is 2.07. The van der Waals surface area contributed by atoms with E-state index >= 15 is 0 Å². The Morgan fingerprint density at radius 3 is 2.19 bits per heavy atom. The number of rotatable bonds is 2. The normalized spacial score (nSPS) is 10.6. The standard InChI is InChI=1S/C19H16O2/c1-13-16-10-6-7-11-17(16)19(21-14(2)20)12-18(13)15-8-4-3-5-9-15/h3-12H,1-2H3. The Morgan fingerprint density at radius 1 is 0.905 bits per heavy atom. The molecule has 3 aromatic carbocycles. The van der Waals surface area contributed by atoms with Gasteiger partial charge in [-0.3, -0.25) is 4.79 Å². The van der Waals surface area contributed by atoms with E-state index in [0.29, 0.717) is 5.75 Å². The third-order valence-corrected chi connectivity index (χ3v) is 3.61. The molecule has 0 aliphatic carbocycles. The Bertz CT molecular complexity index is 804. The van der Waals surface area contributed by atoms with Crippen LogP contribution in [0.1, 0.15) is 12.5 Å². The topological polar surface area (TPSA) is 26.3 Å². The zero-order chi connectivity index (χ0) is 14.8. The van der Waals surface area contributed by atoms with Gasteiger partial charge in [0.1, 0.15) is 5.75 Å². The van der Waals surface area contributed by atoms with Crippen molar-refractivity contribution in [3.63, 3.8) is 0 Å². The molecule has 0 unspecified atom stereocenters. The first kappa shape index (κ1) is 13.4. The van der Waals surface area contributed by atoms with Crippen LogP contribution in [-0.2, 0) is 4.79 Å². The highest BCUT2D eigenvalue weighted by Crippen LogP contribution is 2.36. The summed E-state index contributed by atoms with van der Waals surface area (Å²) in [6.45, 7) is 3.53. The average molecular weight is 276 g/mol. The first-order valence-electron chi connectivity index (χ1n) is 6.93. The Balaban J connectivity index is 2.31. The lowest BCUT2D eigenvalue weighted by molar-refractivity contribution is -0.131. The van der Waals surface area contributed by atoms with E-state index in [1.165, 1.54) is 12.5 Å². The molecule has 0 heterocycles. The third-order valence-electron chi connectivity index (χ3n) is 3.61. The fraction of sp³-hybridized carbons (Fsp3) is 0.105. The van der Waals surface area contributed by atoms with Crippen LogP contribution >= 0.6 is 0 Å². The van der Waals surface area contributed by atoms with Crippen LogP contribution in [0.5, 0.6) is 5.75 Å². The maximum atomic E-state index is 11.4. The number of ether oxygens (including phenoxy) is 1. The molecule has 0 fully saturated rings. The fourth-order valence-corrected chi connectivity index (χ4v) is 2.64. The lowest BCUT2D eigenvalue weighted by atomic mass is 9.94. The van der Waals surface area contributed by atoms with Gasteiger partial charge in [0.25, 0.3) is 0 Å². The molecule has 0 amide bonds. The van der Waals surface area contributed by atoms with Gasteiger partial charge in [0.2, 0.25) is 0 Å². The summed E-state index contributed by atoms with van der Waals surface area (Å²) in [5.41, 5.74) is 3.40. The van der Waals surface area contributed by atoms with E-state index in [-0.39, 0.29) is 5.97 Å². The van der Waals surface area contributed by atoms with Crippen LogP contribution in [-0.4, -0.2) is 5.97 Å². The minimum absolute atomic E-state index is 0.303. The van der Waals surface area contributed by atoms with Gasteiger partial charge >= 0.3 is 5.97 Å². The number of carbonyl (C=O) groups is 1. The molecule has 3 rings (SSSR count). The second-order valence-electron chi connectivity index (χ2n) is 5.05. The molecular formula is C19H16O2. The van der Waals surface area contributed by atoms with Crippen molar-refractivity contribution in [2.75, 3.05) is 0 Å². The van der Waals surface area contributed by atoms with Crippen molar-refractivity contribution in [1.29, 1.82) is 0 Å². The summed E-state index contributed by atoms with van der Waals surface area (Å²) < 4.78 is 5.41. The second kappa shape index (κ2) is 5.41. The van der Waals surface area contributed by atoms with Gasteiger partial charge in [0, 0.05) is 12.3 Å². The van der Waals surface area contributed by atoms with Gasteiger partial charge in [-0.1, -0.05) is 54.6 Å². The van der Waals surface area contributed by atoms with Gasteiger partial charge in [-0.25, -0.2) is 0 Å². The number of hydrogen-bond donors (Lipinski definition) is 0. The lowest BCUT2D eigenvalue weighted by Crippen LogP contribution is -2.02. The maximum absolute atomic E-state index is 11.4. The van der Waals surface area contributed by atoms with Crippen LogP contribution in [0.15, 0.2) is 60.7 Å². The van der Waals surface area contributed by atoms with Crippen molar-refractivity contribution in [1.82, 2.24) is 0 Å². The number of fused-ring (bicyclic) bond motifs is 1. The average Bonchev–Trinajstić information content (AvgIpc) is 2.51. The monoisotopic (exact) mass is 276 g/mol. The molecule has 0 aliphatic rings. The Kier molecular flexibility index (Phi) is 3.44. The Hall–Kier alpha value is -2.61. The van der Waals surface area contributed by atoms with E-state index in [1.54, 1.807) is 0 Å². The molecule has 0 bridgehead atoms. The quantitative estimate of drug-likeness (QED) is 0.499. The van der Waals surface area contributed by atoms with Crippen molar-refractivity contribution in [3.05, 3.63) is 66.2 Å². The highest BCUT2D eigenvalue weighted by Gasteiger charge is 2.12. The summed E-state index contributed by atoms with van der Waals surface area (Å²) in [6.07, 6.45) is 0. The molecule has 0 aliphatic heterocycles. The van der Waals surface area contributed by atoms with Crippen molar-refractivity contribution in [3.8, 4) is 16.9 Å². The van der Waals surface area contributed by atoms with Crippen LogP contribution in [0.4, 0.5) is 0 Å². The summed E-state index contributed by atoms with van der Waals surface area (Å²) in [5.74, 6) is 0.311. The number of carbonyl (C=O) groups excluding carboxylic acids is 1. The zero-order valence-corrected chi connectivity index (χ0v) is 12.1. The predicted molar refractivity (Wildman–Crippen MR) is 85.4 cm³/mol. The van der Waals surface area contributed by atoms with Gasteiger partial charge in [0.05, 0.1) is 0 Å². The third kappa shape index (κ3) is 2.52. The van der Waals surface area contributed by atoms with Gasteiger partial charge < -0.3 is 4.74 Å². The number of benzene rings is 3. The number of hydrogen-bond acceptors (Lipinski definition) is 2. The zero-order valence-electron chi connectivity index (χ0n) is 12.1. The van der Waals surface area contributed by atoms with E-state index in [4.69, 9.17) is 4.74 Å². The van der Waals surface area contributed by atoms with Gasteiger partial charge in [-0.2, -0.15) is 0 Å². The molecule has 104 valence electrons. The maximum Gasteiger partial charge on any atom is 0.308 e. The molecule has 0 aromatic heterocycles. The molecule has 0 spiro atoms. The van der Waals surface area contributed by atoms with Crippen LogP contribution in [0.25, 0.3) is 21.9 Å². The summed E-state index contributed by atoms with van der Waals surface area (Å²) >= 11 is 0. The molecule has 0 saturated carbocycles. The van der Waals surface area contributed by atoms with Crippen LogP contribution in [0.2, 0.25) is 0 Å². The molecule has 2 heteroatoms. The number of aryl methyl sites for hydroxylation is 1. The molecule has 0 saturated heterocycles. The van der Waals surface area contributed by atoms with Crippen molar-refractivity contribution < 1.29 is 9.53 Å². The van der Waals surface area contributed by atoms with E-state index in [0.717, 1.165) is 21.9 Å². The van der Waals surface area contributed by atoms with Crippen LogP contribution < -0.4 is 4.74 Å². The smallest absolute Gasteiger partial charge is 0.308 e. The highest BCUT2D eigenvalue weighted by molar-refractivity contribution is 5.97. The van der Waals surface area contributed by atoms with Crippen molar-refractivity contribution >= 4 is 16.7 Å². The minimum atomic E-state index is -0.303. The molecular weight excluding hydrogens is 260 g/mol. The molecule has 21 heavy (non-hydrogen) atoms. The molecule has 3 aromatic rings. The predicted octanol–water partition coefficient (Wildman–Crippen LogP) is 4.74. The van der Waals surface area contributed by atoms with Crippen molar-refractivity contribution in [2.45, 2.75) is 13.8 Å². The molecule has 2 nitrogen and oxygen atoms in total.